The summed E-state index contributed by atoms with van der Waals surface area (Å²) in [5, 5.41) is 9.81. The molecule has 0 bridgehead atoms. The van der Waals surface area contributed by atoms with Gasteiger partial charge in [0.15, 0.2) is 5.69 Å². The van der Waals surface area contributed by atoms with E-state index < -0.39 is 0 Å². The van der Waals surface area contributed by atoms with Crippen molar-refractivity contribution in [3.63, 3.8) is 0 Å². The molecule has 15 rings (SSSR count). The molecule has 0 aromatic heterocycles. The first-order valence-corrected chi connectivity index (χ1v) is 24.8. The first-order valence-electron chi connectivity index (χ1n) is 24.8. The molecule has 13 aromatic rings. The van der Waals surface area contributed by atoms with Crippen LogP contribution in [0.15, 0.2) is 249 Å². The van der Waals surface area contributed by atoms with Crippen molar-refractivity contribution in [2.45, 2.75) is 0 Å². The van der Waals surface area contributed by atoms with Crippen LogP contribution in [0.4, 0.5) is 5.69 Å². The van der Waals surface area contributed by atoms with Gasteiger partial charge in [-0.1, -0.05) is 243 Å². The molecule has 330 valence electrons. The molecular formula is C71H41N. The Morgan fingerprint density at radius 2 is 0.514 bits per heavy atom. The van der Waals surface area contributed by atoms with E-state index in [2.05, 4.69) is 254 Å². The Labute approximate surface area is 418 Å². The average Bonchev–Trinajstić information content (AvgIpc) is 3.96. The third-order valence-corrected chi connectivity index (χ3v) is 15.6. The minimum Gasteiger partial charge on any atom is -0.237 e. The van der Waals surface area contributed by atoms with Gasteiger partial charge in [-0.15, -0.1) is 0 Å². The minimum absolute atomic E-state index is 0.639. The quantitative estimate of drug-likeness (QED) is 0.146. The lowest BCUT2D eigenvalue weighted by Gasteiger charge is -2.20. The van der Waals surface area contributed by atoms with E-state index in [1.807, 2.05) is 0 Å². The van der Waals surface area contributed by atoms with Crippen molar-refractivity contribution in [1.29, 1.82) is 0 Å². The summed E-state index contributed by atoms with van der Waals surface area (Å²) >= 11 is 0. The smallest absolute Gasteiger partial charge is 0.195 e. The van der Waals surface area contributed by atoms with Crippen LogP contribution >= 0.6 is 0 Å². The standard InChI is InChI=1S/C71H41N/c1-72-61-42-47(48-38-40-59-66-51(48)32-18-34-57(66)68-62(43-20-6-2-7-21-43)53-28-14-16-30-55(53)64(70(59)68)45-24-10-4-11-25-45)36-37-50(61)49-39-41-60-67-52(49)33-19-35-58(67)69-63(44-22-8-3-9-23-44)54-29-15-17-31-56(54)65(71(60)69)46-26-12-5-13-27-46/h2-42H. The van der Waals surface area contributed by atoms with Crippen LogP contribution in [-0.2, 0) is 0 Å². The SMILES string of the molecule is [C-]#[N+]c1cc(-c2ccc3c4c(cccc24)-c2c-3c(-c3ccccc3)c3ccccc3c2-c2ccccc2)ccc1-c1ccc2c3c(cccc13)-c1c-2c(-c2ccccc2)c2ccccc2c1-c1ccccc1. The molecule has 2 aliphatic rings. The van der Waals surface area contributed by atoms with E-state index in [4.69, 9.17) is 6.57 Å². The molecule has 0 saturated heterocycles. The summed E-state index contributed by atoms with van der Waals surface area (Å²) in [6, 6.07) is 90.7. The second-order valence-corrected chi connectivity index (χ2v) is 19.2. The zero-order chi connectivity index (χ0) is 47.4. The maximum atomic E-state index is 8.77. The van der Waals surface area contributed by atoms with Crippen molar-refractivity contribution >= 4 is 48.8 Å². The molecule has 0 fully saturated rings. The summed E-state index contributed by atoms with van der Waals surface area (Å²) in [6.45, 7) is 8.77. The highest BCUT2D eigenvalue weighted by Gasteiger charge is 2.33. The lowest BCUT2D eigenvalue weighted by Crippen LogP contribution is -1.93. The van der Waals surface area contributed by atoms with Crippen molar-refractivity contribution < 1.29 is 0 Å². The maximum Gasteiger partial charge on any atom is 0.195 e. The van der Waals surface area contributed by atoms with Crippen LogP contribution in [0.5, 0.6) is 0 Å². The molecule has 72 heavy (non-hydrogen) atoms. The van der Waals surface area contributed by atoms with E-state index in [0.717, 1.165) is 27.6 Å². The molecule has 1 heteroatoms. The lowest BCUT2D eigenvalue weighted by atomic mass is 9.82. The van der Waals surface area contributed by atoms with Crippen LogP contribution in [0.3, 0.4) is 0 Å². The summed E-state index contributed by atoms with van der Waals surface area (Å²) in [7, 11) is 0. The predicted octanol–water partition coefficient (Wildman–Crippen LogP) is 20.1. The Morgan fingerprint density at radius 1 is 0.208 bits per heavy atom. The van der Waals surface area contributed by atoms with E-state index in [1.54, 1.807) is 0 Å². The fraction of sp³-hybridized carbons (Fsp3) is 0. The van der Waals surface area contributed by atoms with Gasteiger partial charge in [-0.3, -0.25) is 0 Å². The Bertz CT molecular complexity index is 4280. The van der Waals surface area contributed by atoms with Gasteiger partial charge in [0.1, 0.15) is 0 Å². The van der Waals surface area contributed by atoms with Gasteiger partial charge in [-0.25, -0.2) is 4.85 Å². The third-order valence-electron chi connectivity index (χ3n) is 15.6. The third kappa shape index (κ3) is 5.70. The fourth-order valence-corrected chi connectivity index (χ4v) is 12.7. The molecule has 1 nitrogen and oxygen atoms in total. The first-order chi connectivity index (χ1) is 35.7. The molecule has 13 aromatic carbocycles. The van der Waals surface area contributed by atoms with Gasteiger partial charge in [-0.2, -0.15) is 0 Å². The summed E-state index contributed by atoms with van der Waals surface area (Å²) in [5.74, 6) is 0. The highest BCUT2D eigenvalue weighted by Crippen LogP contribution is 2.61. The molecule has 0 heterocycles. The molecule has 0 amide bonds. The first kappa shape index (κ1) is 40.3. The summed E-state index contributed by atoms with van der Waals surface area (Å²) < 4.78 is 0. The van der Waals surface area contributed by atoms with Gasteiger partial charge in [0.25, 0.3) is 0 Å². The van der Waals surface area contributed by atoms with Crippen molar-refractivity contribution in [3.8, 4) is 111 Å². The van der Waals surface area contributed by atoms with Gasteiger partial charge in [0.2, 0.25) is 0 Å². The number of benzene rings is 13. The van der Waals surface area contributed by atoms with Crippen LogP contribution in [0.25, 0.3) is 159 Å². The van der Waals surface area contributed by atoms with Crippen molar-refractivity contribution in [1.82, 2.24) is 0 Å². The van der Waals surface area contributed by atoms with E-state index in [0.29, 0.717) is 5.69 Å². The zero-order valence-electron chi connectivity index (χ0n) is 39.1. The monoisotopic (exact) mass is 907 g/mol. The second kappa shape index (κ2) is 15.7. The van der Waals surface area contributed by atoms with Gasteiger partial charge < -0.3 is 0 Å². The van der Waals surface area contributed by atoms with Crippen molar-refractivity contribution in [3.05, 3.63) is 260 Å². The number of rotatable bonds is 6. The topological polar surface area (TPSA) is 4.36 Å². The van der Waals surface area contributed by atoms with Crippen LogP contribution in [-0.4, -0.2) is 0 Å². The molecule has 0 aliphatic heterocycles. The van der Waals surface area contributed by atoms with E-state index >= 15 is 0 Å². The van der Waals surface area contributed by atoms with Crippen LogP contribution in [0.2, 0.25) is 0 Å². The average molecular weight is 908 g/mol. The van der Waals surface area contributed by atoms with E-state index in [1.165, 1.54) is 127 Å². The van der Waals surface area contributed by atoms with Crippen molar-refractivity contribution in [2.24, 2.45) is 0 Å². The number of fused-ring (bicyclic) bond motifs is 8. The molecule has 0 radical (unpaired) electrons. The normalized spacial score (nSPS) is 11.9. The van der Waals surface area contributed by atoms with E-state index in [-0.39, 0.29) is 0 Å². The summed E-state index contributed by atoms with van der Waals surface area (Å²) in [5.41, 5.74) is 24.7. The Kier molecular flexibility index (Phi) is 8.79. The molecular weight excluding hydrogens is 867 g/mol. The Morgan fingerprint density at radius 3 is 0.903 bits per heavy atom. The van der Waals surface area contributed by atoms with Gasteiger partial charge in [0.05, 0.1) is 6.57 Å². The number of hydrogen-bond acceptors (Lipinski definition) is 0. The summed E-state index contributed by atoms with van der Waals surface area (Å²) in [6.07, 6.45) is 0. The maximum absolute atomic E-state index is 8.77. The van der Waals surface area contributed by atoms with Crippen LogP contribution < -0.4 is 0 Å². The van der Waals surface area contributed by atoms with E-state index in [9.17, 15) is 0 Å². The van der Waals surface area contributed by atoms with Crippen LogP contribution in [0, 0.1) is 6.57 Å². The van der Waals surface area contributed by atoms with Crippen LogP contribution in [0.1, 0.15) is 0 Å². The highest BCUT2D eigenvalue weighted by molar-refractivity contribution is 6.31. The Balaban J connectivity index is 0.927. The van der Waals surface area contributed by atoms with Crippen molar-refractivity contribution in [2.75, 3.05) is 0 Å². The molecule has 0 N–H and O–H groups in total. The molecule has 2 aliphatic carbocycles. The molecule has 0 unspecified atom stereocenters. The minimum atomic E-state index is 0.639. The largest absolute Gasteiger partial charge is 0.237 e. The molecule has 0 saturated carbocycles. The number of hydrogen-bond donors (Lipinski definition) is 0. The second-order valence-electron chi connectivity index (χ2n) is 19.2. The van der Waals surface area contributed by atoms with Gasteiger partial charge in [-0.05, 0) is 160 Å². The highest BCUT2D eigenvalue weighted by atomic mass is 14.6. The zero-order valence-corrected chi connectivity index (χ0v) is 39.1. The molecule has 0 atom stereocenters. The van der Waals surface area contributed by atoms with Gasteiger partial charge >= 0.3 is 0 Å². The fourth-order valence-electron chi connectivity index (χ4n) is 12.7. The number of nitrogens with zero attached hydrogens (tertiary/aromatic N) is 1. The lowest BCUT2D eigenvalue weighted by molar-refractivity contribution is 1.62. The van der Waals surface area contributed by atoms with Gasteiger partial charge in [0, 0.05) is 0 Å². The predicted molar refractivity (Wildman–Crippen MR) is 304 cm³/mol. The Hall–Kier alpha value is -9.61. The molecule has 0 spiro atoms. The summed E-state index contributed by atoms with van der Waals surface area (Å²) in [4.78, 5) is 4.32.